The number of nitrogens with one attached hydrogen (secondary N) is 2. The molecule has 1 aliphatic rings. The third-order valence-corrected chi connectivity index (χ3v) is 12.1. The molecule has 1 fully saturated rings. The van der Waals surface area contributed by atoms with E-state index in [1.54, 1.807) is 27.9 Å². The van der Waals surface area contributed by atoms with E-state index < -0.39 is 26.3 Å². The molecule has 10 nitrogen and oxygen atoms in total. The monoisotopic (exact) mass is 906 g/mol. The van der Waals surface area contributed by atoms with Crippen molar-refractivity contribution in [1.82, 2.24) is 20.3 Å². The topological polar surface area (TPSA) is 130 Å². The maximum atomic E-state index is 11.1. The summed E-state index contributed by atoms with van der Waals surface area (Å²) in [5, 5.41) is 48.9. The van der Waals surface area contributed by atoms with Crippen molar-refractivity contribution in [2.24, 2.45) is 5.92 Å². The highest BCUT2D eigenvalue weighted by atomic mass is 79.9. The lowest BCUT2D eigenvalue weighted by atomic mass is 9.83. The standard InChI is InChI=1S/C27H41BN2O3.C20H28BBrN2O3.FH/c1-28(32)30(19-24-13-8-14-25(17-24)33-3)20-27(31)26(29-2)18-23-12-7-11-22(16-23)15-21-9-5-4-6-10-21;1-21(26)24(13-16-7-5-9-18(11-16)27-3)14-20(25)19(23-2)12-15-6-4-8-17(22)10-15;/h7-8,11-14,16-17,21,26-27,29,31-32H,4-6,9-10,15,18-20H2,1-3H3;4-11,19-20,23,25-26H,12-14H2,1-3H3;1H/t26-,27+;19-,20+;/m00./s1. The number of ether oxygens (including phenoxy) is 2. The number of halogens is 2. The number of likely N-dealkylation sites (N-methyl/N-ethyl adjacent to an activating group) is 2. The number of hydrogen-bond acceptors (Lipinski definition) is 10. The second-order valence-corrected chi connectivity index (χ2v) is 17.2. The first-order valence-corrected chi connectivity index (χ1v) is 22.3. The molecule has 61 heavy (non-hydrogen) atoms. The van der Waals surface area contributed by atoms with Crippen molar-refractivity contribution in [3.05, 3.63) is 129 Å². The van der Waals surface area contributed by atoms with Crippen LogP contribution >= 0.6 is 15.9 Å². The summed E-state index contributed by atoms with van der Waals surface area (Å²) in [5.41, 5.74) is 5.86. The van der Waals surface area contributed by atoms with E-state index in [4.69, 9.17) is 9.47 Å². The van der Waals surface area contributed by atoms with Gasteiger partial charge < -0.3 is 50.0 Å². The number of aliphatic hydroxyl groups excluding tert-OH is 2. The molecular formula is C47H70B2BrFN4O6. The van der Waals surface area contributed by atoms with Gasteiger partial charge in [-0.1, -0.05) is 109 Å². The van der Waals surface area contributed by atoms with E-state index in [2.05, 4.69) is 56.9 Å². The molecule has 14 heteroatoms. The summed E-state index contributed by atoms with van der Waals surface area (Å²) in [6.07, 6.45) is 8.20. The molecule has 0 saturated heterocycles. The third kappa shape index (κ3) is 18.1. The molecule has 0 aliphatic heterocycles. The van der Waals surface area contributed by atoms with Crippen molar-refractivity contribution < 1.29 is 34.4 Å². The van der Waals surface area contributed by atoms with Crippen LogP contribution in [0.4, 0.5) is 4.70 Å². The van der Waals surface area contributed by atoms with Gasteiger partial charge in [0.2, 0.25) is 0 Å². The van der Waals surface area contributed by atoms with Crippen LogP contribution in [0.1, 0.15) is 59.9 Å². The number of aliphatic hydroxyl groups is 2. The Morgan fingerprint density at radius 3 is 1.51 bits per heavy atom. The minimum Gasteiger partial charge on any atom is -0.497 e. The van der Waals surface area contributed by atoms with Gasteiger partial charge in [0.1, 0.15) is 11.5 Å². The van der Waals surface area contributed by atoms with Gasteiger partial charge in [0, 0.05) is 42.7 Å². The summed E-state index contributed by atoms with van der Waals surface area (Å²) in [7, 11) is 5.69. The van der Waals surface area contributed by atoms with Gasteiger partial charge in [-0.15, -0.1) is 0 Å². The van der Waals surface area contributed by atoms with Crippen molar-refractivity contribution in [2.45, 2.75) is 102 Å². The largest absolute Gasteiger partial charge is 0.497 e. The number of benzene rings is 4. The van der Waals surface area contributed by atoms with E-state index in [0.717, 1.165) is 51.4 Å². The van der Waals surface area contributed by atoms with Crippen LogP contribution in [0.25, 0.3) is 0 Å². The molecule has 6 N–H and O–H groups in total. The Balaban J connectivity index is 0.000000327. The minimum absolute atomic E-state index is 0. The molecule has 0 unspecified atom stereocenters. The third-order valence-electron chi connectivity index (χ3n) is 11.7. The average molecular weight is 908 g/mol. The lowest BCUT2D eigenvalue weighted by Crippen LogP contribution is -2.49. The van der Waals surface area contributed by atoms with Crippen molar-refractivity contribution in [2.75, 3.05) is 41.4 Å². The van der Waals surface area contributed by atoms with Gasteiger partial charge in [0.15, 0.2) is 0 Å². The fourth-order valence-electron chi connectivity index (χ4n) is 8.09. The molecule has 0 spiro atoms. The fourth-order valence-corrected chi connectivity index (χ4v) is 8.53. The molecule has 4 aromatic carbocycles. The quantitative estimate of drug-likeness (QED) is 0.0478. The Hall–Kier alpha value is -3.30. The van der Waals surface area contributed by atoms with Gasteiger partial charge >= 0.3 is 14.1 Å². The van der Waals surface area contributed by atoms with E-state index in [1.807, 2.05) is 90.4 Å². The summed E-state index contributed by atoms with van der Waals surface area (Å²) in [5.74, 6) is 2.39. The van der Waals surface area contributed by atoms with Crippen molar-refractivity contribution in [1.29, 1.82) is 0 Å². The molecule has 0 bridgehead atoms. The van der Waals surface area contributed by atoms with Gasteiger partial charge in [0.25, 0.3) is 0 Å². The zero-order chi connectivity index (χ0) is 43.4. The SMILES string of the molecule is CN[C@@H](Cc1cccc(Br)c1)[C@H](O)CN(Cc1cccc(OC)c1)B(C)O.CN[C@@H](Cc1cccc(CC2CCCCC2)c1)[C@H](O)CN(Cc1cccc(OC)c1)B(C)O.F. The van der Waals surface area contributed by atoms with E-state index >= 15 is 0 Å². The first kappa shape index (κ1) is 52.0. The summed E-state index contributed by atoms with van der Waals surface area (Å²) in [6, 6.07) is 32.3. The summed E-state index contributed by atoms with van der Waals surface area (Å²) in [4.78, 5) is 3.74. The Kier molecular flexibility index (Phi) is 23.6. The highest BCUT2D eigenvalue weighted by Crippen LogP contribution is 2.27. The number of methoxy groups -OCH3 is 2. The predicted molar refractivity (Wildman–Crippen MR) is 253 cm³/mol. The fraction of sp³-hybridized carbons (Fsp3) is 0.489. The summed E-state index contributed by atoms with van der Waals surface area (Å²) < 4.78 is 11.6. The second-order valence-electron chi connectivity index (χ2n) is 16.3. The molecule has 1 saturated carbocycles. The smallest absolute Gasteiger partial charge is 0.376 e. The Labute approximate surface area is 373 Å². The van der Waals surface area contributed by atoms with Crippen molar-refractivity contribution >= 4 is 30.0 Å². The Bertz CT molecular complexity index is 1830. The van der Waals surface area contributed by atoms with Gasteiger partial charge in [-0.25, -0.2) is 0 Å². The van der Waals surface area contributed by atoms with Crippen LogP contribution in [-0.2, 0) is 32.4 Å². The molecular weight excluding hydrogens is 837 g/mol. The predicted octanol–water partition coefficient (Wildman–Crippen LogP) is 6.64. The normalized spacial score (nSPS) is 14.9. The second kappa shape index (κ2) is 27.7. The average Bonchev–Trinajstić information content (AvgIpc) is 3.25. The summed E-state index contributed by atoms with van der Waals surface area (Å²) >= 11 is 3.48. The molecule has 0 heterocycles. The van der Waals surface area contributed by atoms with E-state index in [-0.39, 0.29) is 16.8 Å². The van der Waals surface area contributed by atoms with Crippen molar-refractivity contribution in [3.8, 4) is 11.5 Å². The maximum Gasteiger partial charge on any atom is 0.376 e. The van der Waals surface area contributed by atoms with Crippen LogP contribution < -0.4 is 20.1 Å². The minimum atomic E-state index is -0.672. The van der Waals surface area contributed by atoms with Gasteiger partial charge in [-0.05, 0) is 117 Å². The van der Waals surface area contributed by atoms with Crippen LogP contribution in [-0.4, -0.2) is 110 Å². The van der Waals surface area contributed by atoms with E-state index in [1.165, 1.54) is 43.2 Å². The molecule has 334 valence electrons. The maximum absolute atomic E-state index is 11.1. The van der Waals surface area contributed by atoms with Crippen LogP contribution in [0.15, 0.2) is 102 Å². The molecule has 1 aliphatic carbocycles. The van der Waals surface area contributed by atoms with E-state index in [0.29, 0.717) is 32.6 Å². The van der Waals surface area contributed by atoms with Crippen LogP contribution in [0.5, 0.6) is 11.5 Å². The lowest BCUT2D eigenvalue weighted by Gasteiger charge is -2.30. The van der Waals surface area contributed by atoms with E-state index in [9.17, 15) is 20.3 Å². The Morgan fingerprint density at radius 2 is 1.07 bits per heavy atom. The first-order chi connectivity index (χ1) is 28.9. The number of hydrogen-bond donors (Lipinski definition) is 6. The van der Waals surface area contributed by atoms with Gasteiger partial charge in [-0.2, -0.15) is 0 Å². The van der Waals surface area contributed by atoms with Gasteiger partial charge in [0.05, 0.1) is 26.4 Å². The molecule has 0 radical (unpaired) electrons. The van der Waals surface area contributed by atoms with Crippen LogP contribution in [0.3, 0.4) is 0 Å². The highest BCUT2D eigenvalue weighted by Gasteiger charge is 2.27. The van der Waals surface area contributed by atoms with Crippen molar-refractivity contribution in [3.63, 3.8) is 0 Å². The molecule has 0 amide bonds. The van der Waals surface area contributed by atoms with Gasteiger partial charge in [-0.3, -0.25) is 4.70 Å². The number of rotatable bonds is 22. The highest BCUT2D eigenvalue weighted by molar-refractivity contribution is 9.10. The number of nitrogens with zero attached hydrogens (tertiary/aromatic N) is 2. The first-order valence-electron chi connectivity index (χ1n) is 21.5. The molecule has 4 atom stereocenters. The zero-order valence-corrected chi connectivity index (χ0v) is 38.6. The van der Waals surface area contributed by atoms with Crippen LogP contribution in [0, 0.1) is 5.92 Å². The summed E-state index contributed by atoms with van der Waals surface area (Å²) in [6.45, 7) is 5.26. The zero-order valence-electron chi connectivity index (χ0n) is 37.1. The lowest BCUT2D eigenvalue weighted by molar-refractivity contribution is 0.100. The molecule has 0 aromatic heterocycles. The molecule has 4 aromatic rings. The van der Waals surface area contributed by atoms with Crippen LogP contribution in [0.2, 0.25) is 13.6 Å². The molecule has 5 rings (SSSR count). The Morgan fingerprint density at radius 1 is 0.639 bits per heavy atom.